The Labute approximate surface area is 71.9 Å². The van der Waals surface area contributed by atoms with Crippen molar-refractivity contribution in [1.29, 1.82) is 0 Å². The molecule has 0 aliphatic heterocycles. The predicted octanol–water partition coefficient (Wildman–Crippen LogP) is 0.259. The Hall–Kier alpha value is -1.11. The average Bonchev–Trinajstić information content (AvgIpc) is 1.84. The van der Waals surface area contributed by atoms with Crippen LogP contribution in [0.25, 0.3) is 0 Å². The summed E-state index contributed by atoms with van der Waals surface area (Å²) < 4.78 is 0. The van der Waals surface area contributed by atoms with E-state index in [0.29, 0.717) is 5.75 Å². The van der Waals surface area contributed by atoms with Gasteiger partial charge in [-0.25, -0.2) is 0 Å². The summed E-state index contributed by atoms with van der Waals surface area (Å²) in [7, 11) is -0.0545. The summed E-state index contributed by atoms with van der Waals surface area (Å²) in [6, 6.07) is 0. The molecule has 0 bridgehead atoms. The Balaban J connectivity index is 4.40. The van der Waals surface area contributed by atoms with Gasteiger partial charge in [0, 0.05) is 0 Å². The molecule has 0 rings (SSSR count). The fourth-order valence-corrected chi connectivity index (χ4v) is 0.939. The number of hydrogen-bond acceptors (Lipinski definition) is 4. The summed E-state index contributed by atoms with van der Waals surface area (Å²) in [5, 5.41) is 20.1. The highest BCUT2D eigenvalue weighted by atomic mass is 32.2. The molecule has 0 fully saturated rings. The summed E-state index contributed by atoms with van der Waals surface area (Å²) in [6.45, 7) is 0. The van der Waals surface area contributed by atoms with Gasteiger partial charge >= 0.3 is 5.82 Å². The predicted molar refractivity (Wildman–Crippen MR) is 46.2 cm³/mol. The first-order chi connectivity index (χ1) is 5.45. The van der Waals surface area contributed by atoms with Crippen molar-refractivity contribution in [2.75, 3.05) is 18.3 Å². The number of nitro groups is 2. The van der Waals surface area contributed by atoms with E-state index >= 15 is 0 Å². The van der Waals surface area contributed by atoms with Crippen LogP contribution in [0.4, 0.5) is 0 Å². The monoisotopic (exact) mass is 193 g/mol. The molecule has 12 heavy (non-hydrogen) atoms. The number of rotatable bonds is 4. The zero-order chi connectivity index (χ0) is 9.72. The lowest BCUT2D eigenvalue weighted by atomic mass is 10.6. The van der Waals surface area contributed by atoms with Gasteiger partial charge in [0.1, 0.15) is 21.7 Å². The quantitative estimate of drug-likeness (QED) is 0.364. The molecular formula is C5H9N2O4S+. The van der Waals surface area contributed by atoms with Crippen LogP contribution in [0.2, 0.25) is 0 Å². The van der Waals surface area contributed by atoms with Crippen LogP contribution in [0.1, 0.15) is 0 Å². The fraction of sp³-hybridized carbons (Fsp3) is 0.600. The van der Waals surface area contributed by atoms with E-state index in [1.54, 1.807) is 0 Å². The summed E-state index contributed by atoms with van der Waals surface area (Å²) in [5.74, 6) is -0.562. The molecule has 0 atom stereocenters. The average molecular weight is 193 g/mol. The molecule has 0 N–H and O–H groups in total. The highest BCUT2D eigenvalue weighted by Gasteiger charge is 2.25. The molecule has 0 aromatic rings. The third-order valence-electron chi connectivity index (χ3n) is 0.973. The molecule has 68 valence electrons. The van der Waals surface area contributed by atoms with Crippen molar-refractivity contribution in [3.8, 4) is 0 Å². The van der Waals surface area contributed by atoms with E-state index < -0.39 is 15.7 Å². The van der Waals surface area contributed by atoms with E-state index in [9.17, 15) is 20.2 Å². The second-order valence-corrected chi connectivity index (χ2v) is 4.53. The van der Waals surface area contributed by atoms with Crippen LogP contribution in [-0.4, -0.2) is 28.1 Å². The van der Waals surface area contributed by atoms with Crippen LogP contribution < -0.4 is 0 Å². The van der Waals surface area contributed by atoms with Crippen molar-refractivity contribution in [3.05, 3.63) is 32.1 Å². The van der Waals surface area contributed by atoms with Gasteiger partial charge in [-0.3, -0.25) is 20.2 Å². The third kappa shape index (κ3) is 3.91. The topological polar surface area (TPSA) is 86.3 Å². The highest BCUT2D eigenvalue weighted by Crippen LogP contribution is 1.97. The Kier molecular flexibility index (Phi) is 4.27. The van der Waals surface area contributed by atoms with Gasteiger partial charge in [-0.05, 0) is 10.9 Å². The van der Waals surface area contributed by atoms with Crippen LogP contribution in [0.15, 0.2) is 11.9 Å². The van der Waals surface area contributed by atoms with E-state index in [1.165, 1.54) is 0 Å². The zero-order valence-corrected chi connectivity index (χ0v) is 7.54. The Morgan fingerprint density at radius 1 is 1.33 bits per heavy atom. The van der Waals surface area contributed by atoms with Crippen molar-refractivity contribution in [1.82, 2.24) is 0 Å². The molecule has 0 unspecified atom stereocenters. The first kappa shape index (κ1) is 10.9. The van der Waals surface area contributed by atoms with Crippen LogP contribution in [0.5, 0.6) is 0 Å². The summed E-state index contributed by atoms with van der Waals surface area (Å²) in [6.07, 6.45) is 4.76. The van der Waals surface area contributed by atoms with Crippen molar-refractivity contribution < 1.29 is 9.85 Å². The number of hydrogen-bond donors (Lipinski definition) is 0. The Morgan fingerprint density at radius 2 is 1.75 bits per heavy atom. The molecule has 0 aromatic carbocycles. The second kappa shape index (κ2) is 4.70. The number of nitrogens with zero attached hydrogens (tertiary/aromatic N) is 2. The third-order valence-corrected chi connectivity index (χ3v) is 1.81. The molecule has 0 spiro atoms. The van der Waals surface area contributed by atoms with Gasteiger partial charge in [-0.2, -0.15) is 0 Å². The lowest BCUT2D eigenvalue weighted by molar-refractivity contribution is -0.616. The largest absolute Gasteiger partial charge is 0.559 e. The van der Waals surface area contributed by atoms with Crippen molar-refractivity contribution in [3.63, 3.8) is 0 Å². The van der Waals surface area contributed by atoms with Gasteiger partial charge in [0.05, 0.1) is 12.5 Å². The van der Waals surface area contributed by atoms with Gasteiger partial charge in [0.15, 0.2) is 0 Å². The lowest BCUT2D eigenvalue weighted by Crippen LogP contribution is -2.11. The van der Waals surface area contributed by atoms with Crippen molar-refractivity contribution in [2.45, 2.75) is 0 Å². The lowest BCUT2D eigenvalue weighted by Gasteiger charge is -1.88. The normalized spacial score (nSPS) is 9.58. The molecule has 0 aliphatic rings. The molecule has 0 saturated carbocycles. The van der Waals surface area contributed by atoms with Crippen LogP contribution in [-0.2, 0) is 10.9 Å². The summed E-state index contributed by atoms with van der Waals surface area (Å²) in [4.78, 5) is 18.1. The van der Waals surface area contributed by atoms with Crippen LogP contribution >= 0.6 is 0 Å². The maximum atomic E-state index is 10.1. The van der Waals surface area contributed by atoms with Gasteiger partial charge in [-0.1, -0.05) is 0 Å². The summed E-state index contributed by atoms with van der Waals surface area (Å²) >= 11 is 0. The van der Waals surface area contributed by atoms with Crippen LogP contribution in [0.3, 0.4) is 0 Å². The SMILES string of the molecule is C[S+](C)CC=C([N+](=O)[O-])[N+](=O)[O-]. The molecule has 0 saturated heterocycles. The molecule has 0 radical (unpaired) electrons. The minimum atomic E-state index is -0.979. The summed E-state index contributed by atoms with van der Waals surface area (Å²) in [5.41, 5.74) is 0. The zero-order valence-electron chi connectivity index (χ0n) is 6.72. The minimum absolute atomic E-state index is 0.0545. The van der Waals surface area contributed by atoms with Crippen molar-refractivity contribution >= 4 is 10.9 Å². The van der Waals surface area contributed by atoms with Gasteiger partial charge < -0.3 is 0 Å². The maximum Gasteiger partial charge on any atom is 0.559 e. The molecular weight excluding hydrogens is 184 g/mol. The van der Waals surface area contributed by atoms with E-state index in [4.69, 9.17) is 0 Å². The maximum absolute atomic E-state index is 10.1. The Morgan fingerprint density at radius 3 is 2.00 bits per heavy atom. The smallest absolute Gasteiger partial charge is 0.253 e. The van der Waals surface area contributed by atoms with E-state index in [1.807, 2.05) is 12.5 Å². The van der Waals surface area contributed by atoms with Gasteiger partial charge in [0.25, 0.3) is 0 Å². The molecule has 7 heteroatoms. The minimum Gasteiger partial charge on any atom is -0.253 e. The molecule has 0 amide bonds. The molecule has 0 aliphatic carbocycles. The van der Waals surface area contributed by atoms with Gasteiger partial charge in [-0.15, -0.1) is 0 Å². The first-order valence-corrected chi connectivity index (χ1v) is 5.19. The van der Waals surface area contributed by atoms with Crippen molar-refractivity contribution in [2.24, 2.45) is 0 Å². The standard InChI is InChI=1S/C5H9N2O4S/c1-12(2)4-3-5(6(8)9)7(10)11/h3H,4H2,1-2H3/q+1. The Bertz CT molecular complexity index is 209. The highest BCUT2D eigenvalue weighted by molar-refractivity contribution is 7.95. The van der Waals surface area contributed by atoms with E-state index in [0.717, 1.165) is 6.08 Å². The van der Waals surface area contributed by atoms with Crippen LogP contribution in [0, 0.1) is 20.2 Å². The first-order valence-electron chi connectivity index (χ1n) is 2.98. The fourth-order valence-electron chi connectivity index (χ4n) is 0.457. The second-order valence-electron chi connectivity index (χ2n) is 2.23. The molecule has 0 heterocycles. The van der Waals surface area contributed by atoms with Gasteiger partial charge in [0.2, 0.25) is 0 Å². The van der Waals surface area contributed by atoms with E-state index in [2.05, 4.69) is 0 Å². The van der Waals surface area contributed by atoms with E-state index in [-0.39, 0.29) is 10.9 Å². The molecule has 6 nitrogen and oxygen atoms in total. The molecule has 0 aromatic heterocycles.